The van der Waals surface area contributed by atoms with E-state index in [1.807, 2.05) is 12.1 Å². The van der Waals surface area contributed by atoms with Gasteiger partial charge in [-0.15, -0.1) is 0 Å². The van der Waals surface area contributed by atoms with Gasteiger partial charge in [0.2, 0.25) is 0 Å². The van der Waals surface area contributed by atoms with E-state index in [0.29, 0.717) is 0 Å². The SMILES string of the molecule is O=CC1(Br)c2ccccc2CCN1CC1CC1. The molecule has 1 aliphatic carbocycles. The lowest BCUT2D eigenvalue weighted by Crippen LogP contribution is -2.48. The van der Waals surface area contributed by atoms with E-state index in [0.717, 1.165) is 37.3 Å². The van der Waals surface area contributed by atoms with Gasteiger partial charge >= 0.3 is 0 Å². The Hall–Kier alpha value is -0.670. The van der Waals surface area contributed by atoms with Crippen LogP contribution in [0.1, 0.15) is 24.0 Å². The Morgan fingerprint density at radius 2 is 2.18 bits per heavy atom. The minimum Gasteiger partial charge on any atom is -0.300 e. The quantitative estimate of drug-likeness (QED) is 0.485. The largest absolute Gasteiger partial charge is 0.300 e. The van der Waals surface area contributed by atoms with Crippen molar-refractivity contribution < 1.29 is 4.79 Å². The number of halogens is 1. The van der Waals surface area contributed by atoms with Crippen molar-refractivity contribution in [3.63, 3.8) is 0 Å². The zero-order valence-corrected chi connectivity index (χ0v) is 11.3. The molecule has 1 aliphatic heterocycles. The molecule has 1 unspecified atom stereocenters. The van der Waals surface area contributed by atoms with Crippen molar-refractivity contribution >= 4 is 22.2 Å². The molecule has 3 heteroatoms. The summed E-state index contributed by atoms with van der Waals surface area (Å²) in [5, 5.41) is 0. The highest BCUT2D eigenvalue weighted by Gasteiger charge is 2.42. The molecule has 90 valence electrons. The number of rotatable bonds is 3. The van der Waals surface area contributed by atoms with Crippen molar-refractivity contribution in [2.24, 2.45) is 5.92 Å². The Kier molecular flexibility index (Phi) is 2.83. The van der Waals surface area contributed by atoms with Crippen LogP contribution in [0.4, 0.5) is 0 Å². The molecule has 2 aliphatic rings. The minimum atomic E-state index is -0.593. The Morgan fingerprint density at radius 1 is 1.41 bits per heavy atom. The molecule has 3 rings (SSSR count). The molecular formula is C14H16BrNO. The van der Waals surface area contributed by atoms with E-state index in [1.165, 1.54) is 18.4 Å². The van der Waals surface area contributed by atoms with Crippen LogP contribution in [0.25, 0.3) is 0 Å². The van der Waals surface area contributed by atoms with Gasteiger partial charge in [0, 0.05) is 13.1 Å². The standard InChI is InChI=1S/C14H16BrNO/c15-14(10-17)13-4-2-1-3-12(13)7-8-16(14)9-11-5-6-11/h1-4,10-11H,5-9H2. The van der Waals surface area contributed by atoms with E-state index in [9.17, 15) is 4.79 Å². The number of fused-ring (bicyclic) bond motifs is 1. The topological polar surface area (TPSA) is 20.3 Å². The number of carbonyl (C=O) groups excluding carboxylic acids is 1. The van der Waals surface area contributed by atoms with Gasteiger partial charge in [0.15, 0.2) is 10.7 Å². The summed E-state index contributed by atoms with van der Waals surface area (Å²) < 4.78 is -0.593. The molecule has 0 aromatic heterocycles. The van der Waals surface area contributed by atoms with Gasteiger partial charge in [-0.05, 0) is 36.3 Å². The summed E-state index contributed by atoms with van der Waals surface area (Å²) in [7, 11) is 0. The molecule has 0 amide bonds. The van der Waals surface area contributed by atoms with Gasteiger partial charge < -0.3 is 0 Å². The average molecular weight is 294 g/mol. The third-order valence-corrected chi connectivity index (χ3v) is 4.95. The maximum Gasteiger partial charge on any atom is 0.158 e. The molecule has 1 atom stereocenters. The number of nitrogens with zero attached hydrogens (tertiary/aromatic N) is 1. The van der Waals surface area contributed by atoms with E-state index in [4.69, 9.17) is 0 Å². The maximum atomic E-state index is 11.6. The molecule has 1 heterocycles. The first-order chi connectivity index (χ1) is 8.24. The Labute approximate surface area is 110 Å². The smallest absolute Gasteiger partial charge is 0.158 e. The van der Waals surface area contributed by atoms with Crippen molar-refractivity contribution in [3.05, 3.63) is 35.4 Å². The highest BCUT2D eigenvalue weighted by atomic mass is 79.9. The Bertz CT molecular complexity index is 444. The molecule has 2 nitrogen and oxygen atoms in total. The summed E-state index contributed by atoms with van der Waals surface area (Å²) in [6.45, 7) is 2.01. The molecule has 17 heavy (non-hydrogen) atoms. The molecular weight excluding hydrogens is 278 g/mol. The molecule has 0 N–H and O–H groups in total. The monoisotopic (exact) mass is 293 g/mol. The third kappa shape index (κ3) is 1.95. The molecule has 0 bridgehead atoms. The number of benzene rings is 1. The second-order valence-corrected chi connectivity index (χ2v) is 6.30. The molecule has 1 aromatic rings. The predicted molar refractivity (Wildman–Crippen MR) is 71.1 cm³/mol. The Morgan fingerprint density at radius 3 is 2.88 bits per heavy atom. The molecule has 0 spiro atoms. The van der Waals surface area contributed by atoms with Crippen LogP contribution in [0.15, 0.2) is 24.3 Å². The van der Waals surface area contributed by atoms with E-state index >= 15 is 0 Å². The van der Waals surface area contributed by atoms with Crippen LogP contribution in [0.3, 0.4) is 0 Å². The molecule has 0 radical (unpaired) electrons. The van der Waals surface area contributed by atoms with Gasteiger partial charge in [-0.1, -0.05) is 40.2 Å². The number of carbonyl (C=O) groups is 1. The third-order valence-electron chi connectivity index (χ3n) is 3.84. The average Bonchev–Trinajstić information content (AvgIpc) is 3.17. The molecule has 1 aromatic carbocycles. The number of aldehydes is 1. The highest BCUT2D eigenvalue weighted by Crippen LogP contribution is 2.42. The molecule has 0 saturated heterocycles. The van der Waals surface area contributed by atoms with Crippen molar-refractivity contribution in [1.82, 2.24) is 4.90 Å². The summed E-state index contributed by atoms with van der Waals surface area (Å²) in [5.74, 6) is 0.803. The van der Waals surface area contributed by atoms with Gasteiger partial charge in [-0.2, -0.15) is 0 Å². The second kappa shape index (κ2) is 4.21. The first-order valence-electron chi connectivity index (χ1n) is 6.23. The lowest BCUT2D eigenvalue weighted by molar-refractivity contribution is -0.114. The molecule has 1 fully saturated rings. The fraction of sp³-hybridized carbons (Fsp3) is 0.500. The summed E-state index contributed by atoms with van der Waals surface area (Å²) >= 11 is 3.67. The first-order valence-corrected chi connectivity index (χ1v) is 7.02. The van der Waals surface area contributed by atoms with E-state index < -0.39 is 4.45 Å². The molecule has 1 saturated carbocycles. The summed E-state index contributed by atoms with van der Waals surface area (Å²) in [4.78, 5) is 13.9. The number of hydrogen-bond acceptors (Lipinski definition) is 2. The van der Waals surface area contributed by atoms with Gasteiger partial charge in [0.05, 0.1) is 0 Å². The zero-order valence-electron chi connectivity index (χ0n) is 9.73. The van der Waals surface area contributed by atoms with Gasteiger partial charge in [-0.25, -0.2) is 0 Å². The van der Waals surface area contributed by atoms with E-state index in [-0.39, 0.29) is 0 Å². The fourth-order valence-corrected chi connectivity index (χ4v) is 3.35. The van der Waals surface area contributed by atoms with Crippen LogP contribution in [0, 0.1) is 5.92 Å². The first kappa shape index (κ1) is 11.4. The Balaban J connectivity index is 1.97. The van der Waals surface area contributed by atoms with Gasteiger partial charge in [-0.3, -0.25) is 9.69 Å². The van der Waals surface area contributed by atoms with E-state index in [2.05, 4.69) is 33.0 Å². The maximum absolute atomic E-state index is 11.6. The van der Waals surface area contributed by atoms with Crippen molar-refractivity contribution in [2.45, 2.75) is 23.7 Å². The van der Waals surface area contributed by atoms with Crippen molar-refractivity contribution in [2.75, 3.05) is 13.1 Å². The summed E-state index contributed by atoms with van der Waals surface area (Å²) in [5.41, 5.74) is 2.42. The van der Waals surface area contributed by atoms with Gasteiger partial charge in [0.1, 0.15) is 0 Å². The van der Waals surface area contributed by atoms with Crippen LogP contribution in [-0.4, -0.2) is 24.3 Å². The van der Waals surface area contributed by atoms with E-state index in [1.54, 1.807) is 0 Å². The minimum absolute atomic E-state index is 0.593. The second-order valence-electron chi connectivity index (χ2n) is 5.09. The number of hydrogen-bond donors (Lipinski definition) is 0. The highest BCUT2D eigenvalue weighted by molar-refractivity contribution is 9.10. The van der Waals surface area contributed by atoms with Crippen molar-refractivity contribution in [1.29, 1.82) is 0 Å². The normalized spacial score (nSPS) is 28.8. The lowest BCUT2D eigenvalue weighted by Gasteiger charge is -2.41. The summed E-state index contributed by atoms with van der Waals surface area (Å²) in [6.07, 6.45) is 4.73. The van der Waals surface area contributed by atoms with Gasteiger partial charge in [0.25, 0.3) is 0 Å². The summed E-state index contributed by atoms with van der Waals surface area (Å²) in [6, 6.07) is 8.26. The van der Waals surface area contributed by atoms with Crippen LogP contribution in [-0.2, 0) is 15.7 Å². The van der Waals surface area contributed by atoms with Crippen LogP contribution >= 0.6 is 15.9 Å². The van der Waals surface area contributed by atoms with Crippen molar-refractivity contribution in [3.8, 4) is 0 Å². The van der Waals surface area contributed by atoms with Crippen LogP contribution in [0.2, 0.25) is 0 Å². The zero-order chi connectivity index (χ0) is 11.9. The van der Waals surface area contributed by atoms with Crippen LogP contribution < -0.4 is 0 Å². The number of alkyl halides is 1. The predicted octanol–water partition coefficient (Wildman–Crippen LogP) is 2.70. The lowest BCUT2D eigenvalue weighted by atomic mass is 9.93. The fourth-order valence-electron chi connectivity index (χ4n) is 2.64. The van der Waals surface area contributed by atoms with Crippen LogP contribution in [0.5, 0.6) is 0 Å².